The third-order valence-electron chi connectivity index (χ3n) is 4.18. The van der Waals surface area contributed by atoms with E-state index in [4.69, 9.17) is 10.5 Å². The molecule has 3 rings (SSSR count). The van der Waals surface area contributed by atoms with Crippen LogP contribution in [-0.2, 0) is 17.9 Å². The van der Waals surface area contributed by atoms with Crippen LogP contribution in [0.15, 0.2) is 58.5 Å². The molecule has 29 heavy (non-hydrogen) atoms. The first-order valence-corrected chi connectivity index (χ1v) is 9.84. The van der Waals surface area contributed by atoms with Crippen molar-refractivity contribution >= 4 is 17.9 Å². The van der Waals surface area contributed by atoms with E-state index in [9.17, 15) is 13.6 Å². The third kappa shape index (κ3) is 5.35. The molecule has 0 atom stereocenters. The zero-order chi connectivity index (χ0) is 21.0. The van der Waals surface area contributed by atoms with Gasteiger partial charge in [0.1, 0.15) is 22.5 Å². The molecule has 0 aliphatic carbocycles. The van der Waals surface area contributed by atoms with Gasteiger partial charge in [-0.25, -0.2) is 18.6 Å². The van der Waals surface area contributed by atoms with Gasteiger partial charge in [-0.2, -0.15) is 0 Å². The van der Waals surface area contributed by atoms with Gasteiger partial charge < -0.3 is 15.0 Å². The summed E-state index contributed by atoms with van der Waals surface area (Å²) in [6.07, 6.45) is -0.897. The molecular formula is C21H21F2N3O2S. The number of hydrogen-bond acceptors (Lipinski definition) is 4. The van der Waals surface area contributed by atoms with Gasteiger partial charge in [0.2, 0.25) is 0 Å². The Morgan fingerprint density at radius 3 is 2.41 bits per heavy atom. The quantitative estimate of drug-likeness (QED) is 0.582. The Morgan fingerprint density at radius 1 is 1.17 bits per heavy atom. The van der Waals surface area contributed by atoms with Crippen LogP contribution >= 0.6 is 11.8 Å². The van der Waals surface area contributed by atoms with Gasteiger partial charge in [0.25, 0.3) is 0 Å². The van der Waals surface area contributed by atoms with E-state index >= 15 is 0 Å². The van der Waals surface area contributed by atoms with Gasteiger partial charge in [-0.1, -0.05) is 55.9 Å². The molecule has 0 aliphatic heterocycles. The average Bonchev–Trinajstić information content (AvgIpc) is 2.97. The van der Waals surface area contributed by atoms with Gasteiger partial charge in [0.05, 0.1) is 5.69 Å². The second-order valence-corrected chi connectivity index (χ2v) is 7.82. The summed E-state index contributed by atoms with van der Waals surface area (Å²) in [6.45, 7) is 4.43. The van der Waals surface area contributed by atoms with Crippen molar-refractivity contribution in [2.45, 2.75) is 42.8 Å². The van der Waals surface area contributed by atoms with Gasteiger partial charge in [-0.3, -0.25) is 0 Å². The molecule has 2 N–H and O–H groups in total. The maximum Gasteiger partial charge on any atom is 0.404 e. The standard InChI is InChI=1S/C21H21F2N3O2S/c1-13(2)19-20(29-17-9-15(22)8-16(23)10-17)25-18(12-28-21(24)27)26(19)11-14-6-4-3-5-7-14/h3-10,13H,11-12H2,1-2H3,(H2,24,27). The summed E-state index contributed by atoms with van der Waals surface area (Å²) in [5, 5.41) is 0.601. The summed E-state index contributed by atoms with van der Waals surface area (Å²) in [6, 6.07) is 13.1. The molecule has 0 saturated heterocycles. The van der Waals surface area contributed by atoms with Crippen molar-refractivity contribution in [3.05, 3.63) is 77.2 Å². The normalized spacial score (nSPS) is 11.1. The highest BCUT2D eigenvalue weighted by atomic mass is 32.2. The van der Waals surface area contributed by atoms with Crippen LogP contribution in [0.5, 0.6) is 0 Å². The van der Waals surface area contributed by atoms with Crippen LogP contribution in [0, 0.1) is 11.6 Å². The van der Waals surface area contributed by atoms with Crippen LogP contribution in [0.25, 0.3) is 0 Å². The van der Waals surface area contributed by atoms with Crippen molar-refractivity contribution in [1.29, 1.82) is 0 Å². The van der Waals surface area contributed by atoms with Gasteiger partial charge in [-0.15, -0.1) is 0 Å². The molecule has 0 spiro atoms. The molecule has 2 aromatic carbocycles. The Hall–Kier alpha value is -2.87. The lowest BCUT2D eigenvalue weighted by molar-refractivity contribution is 0.146. The number of halogens is 2. The molecule has 5 nitrogen and oxygen atoms in total. The van der Waals surface area contributed by atoms with Crippen LogP contribution < -0.4 is 5.73 Å². The monoisotopic (exact) mass is 417 g/mol. The second-order valence-electron chi connectivity index (χ2n) is 6.76. The minimum absolute atomic E-state index is 0.0643. The molecule has 1 heterocycles. The number of primary amides is 1. The number of amides is 1. The molecular weight excluding hydrogens is 396 g/mol. The summed E-state index contributed by atoms with van der Waals surface area (Å²) in [5.74, 6) is -0.732. The largest absolute Gasteiger partial charge is 0.442 e. The molecule has 3 aromatic rings. The van der Waals surface area contributed by atoms with E-state index in [-0.39, 0.29) is 12.5 Å². The van der Waals surface area contributed by atoms with E-state index in [1.54, 1.807) is 0 Å². The number of rotatable bonds is 7. The predicted octanol–water partition coefficient (Wildman–Crippen LogP) is 5.08. The van der Waals surface area contributed by atoms with Crippen LogP contribution in [0.2, 0.25) is 0 Å². The number of carbonyl (C=O) groups is 1. The van der Waals surface area contributed by atoms with E-state index in [1.165, 1.54) is 23.9 Å². The van der Waals surface area contributed by atoms with Crippen LogP contribution in [0.1, 0.15) is 36.8 Å². The molecule has 8 heteroatoms. The lowest BCUT2D eigenvalue weighted by Crippen LogP contribution is -2.16. The fourth-order valence-electron chi connectivity index (χ4n) is 3.01. The van der Waals surface area contributed by atoms with Crippen LogP contribution in [0.3, 0.4) is 0 Å². The Kier molecular flexibility index (Phi) is 6.53. The van der Waals surface area contributed by atoms with Gasteiger partial charge in [0, 0.05) is 17.5 Å². The minimum Gasteiger partial charge on any atom is -0.442 e. The minimum atomic E-state index is -0.897. The predicted molar refractivity (Wildman–Crippen MR) is 107 cm³/mol. The SMILES string of the molecule is CC(C)c1c(Sc2cc(F)cc(F)c2)nc(COC(N)=O)n1Cc1ccccc1. The fraction of sp³-hybridized carbons (Fsp3) is 0.238. The van der Waals surface area contributed by atoms with Crippen LogP contribution in [-0.4, -0.2) is 15.6 Å². The molecule has 152 valence electrons. The zero-order valence-corrected chi connectivity index (χ0v) is 16.9. The summed E-state index contributed by atoms with van der Waals surface area (Å²) in [5.41, 5.74) is 7.04. The summed E-state index contributed by atoms with van der Waals surface area (Å²) in [7, 11) is 0. The Bertz CT molecular complexity index is 986. The van der Waals surface area contributed by atoms with E-state index in [2.05, 4.69) is 4.98 Å². The topological polar surface area (TPSA) is 70.1 Å². The average molecular weight is 417 g/mol. The first-order chi connectivity index (χ1) is 13.8. The van der Waals surface area contributed by atoms with Crippen molar-refractivity contribution in [2.24, 2.45) is 5.73 Å². The van der Waals surface area contributed by atoms with Gasteiger partial charge >= 0.3 is 6.09 Å². The molecule has 1 aromatic heterocycles. The zero-order valence-electron chi connectivity index (χ0n) is 16.1. The molecule has 0 radical (unpaired) electrons. The Morgan fingerprint density at radius 2 is 1.83 bits per heavy atom. The number of imidazole rings is 1. The highest BCUT2D eigenvalue weighted by Gasteiger charge is 2.22. The molecule has 0 aliphatic rings. The number of hydrogen-bond donors (Lipinski definition) is 1. The Balaban J connectivity index is 2.04. The van der Waals surface area contributed by atoms with Crippen LogP contribution in [0.4, 0.5) is 13.6 Å². The third-order valence-corrected chi connectivity index (χ3v) is 5.14. The van der Waals surface area contributed by atoms with E-state index in [0.29, 0.717) is 22.3 Å². The summed E-state index contributed by atoms with van der Waals surface area (Å²) in [4.78, 5) is 16.1. The van der Waals surface area contributed by atoms with Gasteiger partial charge in [-0.05, 0) is 23.6 Å². The van der Waals surface area contributed by atoms with Crippen molar-refractivity contribution in [3.8, 4) is 0 Å². The molecule has 0 fully saturated rings. The fourth-order valence-corrected chi connectivity index (χ4v) is 4.18. The lowest BCUT2D eigenvalue weighted by Gasteiger charge is -2.15. The number of aromatic nitrogens is 2. The number of carbonyl (C=O) groups excluding carboxylic acids is 1. The van der Waals surface area contributed by atoms with E-state index in [0.717, 1.165) is 17.3 Å². The smallest absolute Gasteiger partial charge is 0.404 e. The second kappa shape index (κ2) is 9.09. The van der Waals surface area contributed by atoms with Crippen molar-refractivity contribution < 1.29 is 18.3 Å². The van der Waals surface area contributed by atoms with E-state index in [1.807, 2.05) is 48.7 Å². The molecule has 0 saturated carbocycles. The first-order valence-electron chi connectivity index (χ1n) is 9.03. The highest BCUT2D eigenvalue weighted by molar-refractivity contribution is 7.99. The van der Waals surface area contributed by atoms with Crippen molar-refractivity contribution in [2.75, 3.05) is 0 Å². The number of nitrogens with two attached hydrogens (primary N) is 1. The van der Waals surface area contributed by atoms with E-state index < -0.39 is 17.7 Å². The van der Waals surface area contributed by atoms with Gasteiger partial charge in [0.15, 0.2) is 6.61 Å². The van der Waals surface area contributed by atoms with Crippen molar-refractivity contribution in [3.63, 3.8) is 0 Å². The first kappa shape index (κ1) is 20.9. The molecule has 0 unspecified atom stereocenters. The number of nitrogens with zero attached hydrogens (tertiary/aromatic N) is 2. The molecule has 1 amide bonds. The lowest BCUT2D eigenvalue weighted by atomic mass is 10.1. The number of benzene rings is 2. The molecule has 0 bridgehead atoms. The summed E-state index contributed by atoms with van der Waals surface area (Å²) >= 11 is 1.17. The maximum atomic E-state index is 13.6. The van der Waals surface area contributed by atoms with Crippen molar-refractivity contribution in [1.82, 2.24) is 9.55 Å². The number of ether oxygens (including phenoxy) is 1. The highest BCUT2D eigenvalue weighted by Crippen LogP contribution is 2.35. The summed E-state index contributed by atoms with van der Waals surface area (Å²) < 4.78 is 34.2. The maximum absolute atomic E-state index is 13.6. The Labute approximate surface area is 171 Å².